The van der Waals surface area contributed by atoms with E-state index in [1.807, 2.05) is 43.4 Å². The highest BCUT2D eigenvalue weighted by atomic mass is 28.4. The van der Waals surface area contributed by atoms with Gasteiger partial charge in [0.15, 0.2) is 0 Å². The van der Waals surface area contributed by atoms with Gasteiger partial charge in [0.2, 0.25) is 0 Å². The third-order valence-electron chi connectivity index (χ3n) is 2.91. The summed E-state index contributed by atoms with van der Waals surface area (Å²) in [6.45, 7) is 1.98. The van der Waals surface area contributed by atoms with Crippen molar-refractivity contribution in [2.24, 2.45) is 0 Å². The number of hydrogen-bond acceptors (Lipinski definition) is 4. The lowest BCUT2D eigenvalue weighted by Gasteiger charge is -2.21. The zero-order chi connectivity index (χ0) is 15.7. The summed E-state index contributed by atoms with van der Waals surface area (Å²) >= 11 is 0. The molecule has 0 aliphatic rings. The van der Waals surface area contributed by atoms with Gasteiger partial charge in [0.05, 0.1) is 31.5 Å². The summed E-state index contributed by atoms with van der Waals surface area (Å²) in [7, 11) is -1.69. The minimum Gasteiger partial charge on any atom is -0.496 e. The molecule has 0 aliphatic heterocycles. The molecule has 0 aliphatic carbocycles. The molecule has 108 valence electrons. The maximum Gasteiger partial charge on any atom is 0.725 e. The van der Waals surface area contributed by atoms with Crippen LogP contribution in [0, 0.1) is 44.5 Å². The molecule has 0 heterocycles. The van der Waals surface area contributed by atoms with E-state index in [1.165, 1.54) is 0 Å². The van der Waals surface area contributed by atoms with Gasteiger partial charge >= 0.3 is 8.80 Å². The summed E-state index contributed by atoms with van der Waals surface area (Å²) in [6, 6.07) is 6.11. The molecule has 0 spiro atoms. The smallest absolute Gasteiger partial charge is 0.496 e. The molecule has 0 unspecified atom stereocenters. The molecule has 0 bridgehead atoms. The van der Waals surface area contributed by atoms with Crippen LogP contribution in [0.1, 0.15) is 11.1 Å². The molecule has 0 saturated carbocycles. The maximum absolute atomic E-state index is 5.34. The van der Waals surface area contributed by atoms with Crippen LogP contribution < -0.4 is 4.74 Å². The Bertz CT molecular complexity index is 563. The van der Waals surface area contributed by atoms with Crippen molar-refractivity contribution < 1.29 is 18.0 Å². The summed E-state index contributed by atoms with van der Waals surface area (Å²) in [6.07, 6.45) is 22.2. The summed E-state index contributed by atoms with van der Waals surface area (Å²) in [5, 5.41) is 0. The first-order valence-electron chi connectivity index (χ1n) is 6.15. The van der Waals surface area contributed by atoms with Crippen LogP contribution in [0.3, 0.4) is 0 Å². The molecule has 4 nitrogen and oxygen atoms in total. The fraction of sp³-hybridized carbons (Fsp3) is 0.250. The van der Waals surface area contributed by atoms with Gasteiger partial charge in [0, 0.05) is 0 Å². The van der Waals surface area contributed by atoms with Gasteiger partial charge in [-0.25, -0.2) is 0 Å². The SMILES string of the molecule is C#CO[Si](CCc1c(C)cccc1OC)(OC#C)OC#C. The second kappa shape index (κ2) is 7.80. The zero-order valence-electron chi connectivity index (χ0n) is 12.0. The largest absolute Gasteiger partial charge is 0.725 e. The number of ether oxygens (including phenoxy) is 1. The van der Waals surface area contributed by atoms with E-state index in [9.17, 15) is 0 Å². The van der Waals surface area contributed by atoms with E-state index in [2.05, 4.69) is 0 Å². The van der Waals surface area contributed by atoms with Gasteiger partial charge in [-0.1, -0.05) is 31.4 Å². The molecular weight excluding hydrogens is 284 g/mol. The fourth-order valence-corrected chi connectivity index (χ4v) is 3.48. The number of benzene rings is 1. The monoisotopic (exact) mass is 300 g/mol. The highest BCUT2D eigenvalue weighted by molar-refractivity contribution is 6.61. The number of rotatable bonds is 7. The van der Waals surface area contributed by atoms with Crippen LogP contribution in [0.5, 0.6) is 5.75 Å². The van der Waals surface area contributed by atoms with E-state index in [-0.39, 0.29) is 0 Å². The normalized spacial score (nSPS) is 9.67. The second-order valence-electron chi connectivity index (χ2n) is 4.10. The summed E-state index contributed by atoms with van der Waals surface area (Å²) in [4.78, 5) is 0. The van der Waals surface area contributed by atoms with Crippen molar-refractivity contribution in [2.75, 3.05) is 7.11 Å². The summed E-state index contributed by atoms with van der Waals surface area (Å²) in [5.41, 5.74) is 2.07. The second-order valence-corrected chi connectivity index (χ2v) is 6.58. The van der Waals surface area contributed by atoms with Gasteiger partial charge < -0.3 is 18.0 Å². The Labute approximate surface area is 126 Å². The van der Waals surface area contributed by atoms with Crippen molar-refractivity contribution in [2.45, 2.75) is 19.4 Å². The van der Waals surface area contributed by atoms with Crippen molar-refractivity contribution in [3.05, 3.63) is 29.3 Å². The van der Waals surface area contributed by atoms with Crippen LogP contribution in [0.4, 0.5) is 0 Å². The van der Waals surface area contributed by atoms with Crippen LogP contribution in [-0.2, 0) is 19.7 Å². The molecule has 0 atom stereocenters. The highest BCUT2D eigenvalue weighted by Gasteiger charge is 2.48. The third kappa shape index (κ3) is 4.14. The Balaban J connectivity index is 3.00. The molecule has 0 saturated heterocycles. The average Bonchev–Trinajstić information content (AvgIpc) is 2.46. The molecule has 1 rings (SSSR count). The van der Waals surface area contributed by atoms with E-state index in [1.54, 1.807) is 7.11 Å². The fourth-order valence-electron chi connectivity index (χ4n) is 1.95. The molecule has 0 fully saturated rings. The summed E-state index contributed by atoms with van der Waals surface area (Å²) < 4.78 is 20.8. The lowest BCUT2D eigenvalue weighted by molar-refractivity contribution is 0.212. The van der Waals surface area contributed by atoms with Crippen molar-refractivity contribution in [1.82, 2.24) is 0 Å². The third-order valence-corrected chi connectivity index (χ3v) is 5.06. The van der Waals surface area contributed by atoms with Crippen LogP contribution in [0.2, 0.25) is 6.04 Å². The number of aryl methyl sites for hydroxylation is 1. The Morgan fingerprint density at radius 1 is 1.05 bits per heavy atom. The van der Waals surface area contributed by atoms with Gasteiger partial charge in [0.1, 0.15) is 5.75 Å². The van der Waals surface area contributed by atoms with Gasteiger partial charge in [-0.3, -0.25) is 0 Å². The van der Waals surface area contributed by atoms with Crippen LogP contribution in [-0.4, -0.2) is 15.9 Å². The van der Waals surface area contributed by atoms with Crippen molar-refractivity contribution in [1.29, 1.82) is 0 Å². The van der Waals surface area contributed by atoms with Crippen molar-refractivity contribution >= 4 is 8.80 Å². The molecule has 1 aromatic rings. The van der Waals surface area contributed by atoms with Gasteiger partial charge in [0.25, 0.3) is 0 Å². The molecule has 5 heteroatoms. The van der Waals surface area contributed by atoms with Gasteiger partial charge in [-0.15, -0.1) is 0 Å². The highest BCUT2D eigenvalue weighted by Crippen LogP contribution is 2.26. The lowest BCUT2D eigenvalue weighted by atomic mass is 10.1. The minimum atomic E-state index is -3.30. The molecule has 0 radical (unpaired) electrons. The van der Waals surface area contributed by atoms with Gasteiger partial charge in [-0.2, -0.15) is 0 Å². The Hall–Kier alpha value is -2.68. The minimum absolute atomic E-state index is 0.340. The molecule has 0 N–H and O–H groups in total. The predicted molar refractivity (Wildman–Crippen MR) is 81.8 cm³/mol. The molecular formula is C16H16O4Si. The first-order chi connectivity index (χ1) is 10.1. The van der Waals surface area contributed by atoms with Gasteiger partial charge in [-0.05, 0) is 30.5 Å². The van der Waals surface area contributed by atoms with E-state index in [4.69, 9.17) is 37.3 Å². The lowest BCUT2D eigenvalue weighted by Crippen LogP contribution is -2.42. The zero-order valence-corrected chi connectivity index (χ0v) is 13.0. The molecule has 21 heavy (non-hydrogen) atoms. The number of hydrogen-bond donors (Lipinski definition) is 0. The predicted octanol–water partition coefficient (Wildman–Crippen LogP) is 2.31. The van der Waals surface area contributed by atoms with Crippen LogP contribution in [0.15, 0.2) is 18.2 Å². The molecule has 0 amide bonds. The first kappa shape index (κ1) is 16.4. The quantitative estimate of drug-likeness (QED) is 0.572. The van der Waals surface area contributed by atoms with Crippen molar-refractivity contribution in [3.63, 3.8) is 0 Å². The molecule has 1 aromatic carbocycles. The first-order valence-corrected chi connectivity index (χ1v) is 8.09. The Kier molecular flexibility index (Phi) is 6.08. The van der Waals surface area contributed by atoms with E-state index in [0.717, 1.165) is 16.9 Å². The van der Waals surface area contributed by atoms with Crippen LogP contribution in [0.25, 0.3) is 0 Å². The average molecular weight is 300 g/mol. The van der Waals surface area contributed by atoms with E-state index >= 15 is 0 Å². The Morgan fingerprint density at radius 2 is 1.62 bits per heavy atom. The topological polar surface area (TPSA) is 36.9 Å². The van der Waals surface area contributed by atoms with E-state index < -0.39 is 8.80 Å². The number of methoxy groups -OCH3 is 1. The molecule has 0 aromatic heterocycles. The maximum atomic E-state index is 5.34. The van der Waals surface area contributed by atoms with Crippen LogP contribution >= 0.6 is 0 Å². The number of terminal acetylenes is 3. The van der Waals surface area contributed by atoms with Crippen molar-refractivity contribution in [3.8, 4) is 43.3 Å². The van der Waals surface area contributed by atoms with E-state index in [0.29, 0.717) is 12.5 Å². The summed E-state index contributed by atoms with van der Waals surface area (Å²) in [5.74, 6) is 0.764. The Morgan fingerprint density at radius 3 is 2.10 bits per heavy atom. The standard InChI is InChI=1S/C16H16O4Si/c1-6-18-21(19-7-2,20-8-3)13-12-15-14(4)10-9-11-16(15)17-5/h1-3,9-11H,12-13H2,4-5H3.